The van der Waals surface area contributed by atoms with Crippen molar-refractivity contribution in [1.82, 2.24) is 20.0 Å². The summed E-state index contributed by atoms with van der Waals surface area (Å²) in [5.74, 6) is 0. The fourth-order valence-corrected chi connectivity index (χ4v) is 2.03. The molecule has 92 valence electrons. The summed E-state index contributed by atoms with van der Waals surface area (Å²) < 4.78 is 2.11. The summed E-state index contributed by atoms with van der Waals surface area (Å²) in [5.41, 5.74) is 1.33. The Morgan fingerprint density at radius 2 is 2.06 bits per heavy atom. The van der Waals surface area contributed by atoms with E-state index in [0.717, 1.165) is 32.7 Å². The molecule has 0 aliphatic carbocycles. The topological polar surface area (TPSA) is 33.1 Å². The molecular weight excluding hydrogens is 224 g/mol. The molecular formula is C11H21ClN4. The Kier molecular flexibility index (Phi) is 5.25. The summed E-state index contributed by atoms with van der Waals surface area (Å²) in [6.45, 7) is 9.88. The van der Waals surface area contributed by atoms with Gasteiger partial charge in [-0.3, -0.25) is 9.58 Å². The molecule has 1 fully saturated rings. The fraction of sp³-hybridized carbons (Fsp3) is 0.727. The van der Waals surface area contributed by atoms with Crippen molar-refractivity contribution in [3.05, 3.63) is 18.0 Å². The highest BCUT2D eigenvalue weighted by Crippen LogP contribution is 2.10. The summed E-state index contributed by atoms with van der Waals surface area (Å²) >= 11 is 0. The summed E-state index contributed by atoms with van der Waals surface area (Å²) in [5, 5.41) is 7.72. The van der Waals surface area contributed by atoms with E-state index in [-0.39, 0.29) is 12.4 Å². The molecule has 0 aromatic carbocycles. The van der Waals surface area contributed by atoms with E-state index in [2.05, 4.69) is 39.9 Å². The van der Waals surface area contributed by atoms with Gasteiger partial charge in [-0.2, -0.15) is 5.10 Å². The van der Waals surface area contributed by atoms with Gasteiger partial charge in [-0.1, -0.05) is 0 Å². The number of piperazine rings is 1. The molecule has 0 radical (unpaired) electrons. The van der Waals surface area contributed by atoms with Gasteiger partial charge in [0, 0.05) is 45.0 Å². The molecule has 0 spiro atoms. The first kappa shape index (κ1) is 13.5. The highest BCUT2D eigenvalue weighted by molar-refractivity contribution is 5.85. The van der Waals surface area contributed by atoms with Gasteiger partial charge in [0.15, 0.2) is 0 Å². The van der Waals surface area contributed by atoms with Crippen LogP contribution in [0.2, 0.25) is 0 Å². The zero-order chi connectivity index (χ0) is 10.7. The van der Waals surface area contributed by atoms with Gasteiger partial charge < -0.3 is 5.32 Å². The van der Waals surface area contributed by atoms with Gasteiger partial charge in [0.05, 0.1) is 5.69 Å². The molecule has 1 aromatic heterocycles. The number of nitrogens with zero attached hydrogens (tertiary/aromatic N) is 3. The molecule has 2 rings (SSSR count). The Labute approximate surface area is 103 Å². The number of hydrogen-bond donors (Lipinski definition) is 1. The summed E-state index contributed by atoms with van der Waals surface area (Å²) in [6, 6.07) is 2.58. The van der Waals surface area contributed by atoms with Crippen LogP contribution in [-0.4, -0.2) is 40.9 Å². The van der Waals surface area contributed by atoms with Crippen LogP contribution < -0.4 is 5.32 Å². The Hall–Kier alpha value is -0.580. The number of aromatic nitrogens is 2. The smallest absolute Gasteiger partial charge is 0.0527 e. The molecule has 1 N–H and O–H groups in total. The molecule has 5 heteroatoms. The number of halogens is 1. The minimum atomic E-state index is 0. The van der Waals surface area contributed by atoms with E-state index in [1.165, 1.54) is 5.69 Å². The van der Waals surface area contributed by atoms with Crippen molar-refractivity contribution in [2.75, 3.05) is 26.2 Å². The lowest BCUT2D eigenvalue weighted by molar-refractivity contribution is 0.225. The van der Waals surface area contributed by atoms with Crippen LogP contribution in [0, 0.1) is 0 Å². The molecule has 1 saturated heterocycles. The van der Waals surface area contributed by atoms with Crippen molar-refractivity contribution < 1.29 is 0 Å². The maximum Gasteiger partial charge on any atom is 0.0527 e. The maximum absolute atomic E-state index is 4.36. The molecule has 2 heterocycles. The van der Waals surface area contributed by atoms with E-state index in [4.69, 9.17) is 0 Å². The van der Waals surface area contributed by atoms with Gasteiger partial charge in [0.25, 0.3) is 0 Å². The van der Waals surface area contributed by atoms with E-state index in [1.807, 2.05) is 6.20 Å². The first-order chi connectivity index (χ1) is 7.27. The van der Waals surface area contributed by atoms with Gasteiger partial charge >= 0.3 is 0 Å². The maximum atomic E-state index is 4.36. The van der Waals surface area contributed by atoms with Crippen LogP contribution >= 0.6 is 12.4 Å². The van der Waals surface area contributed by atoms with E-state index in [9.17, 15) is 0 Å². The standard InChI is InChI=1S/C11H20N4.ClH/c1-10(2)15-11(3-4-13-15)9-14-7-5-12-6-8-14;/h3-4,10,12H,5-9H2,1-2H3;1H. The highest BCUT2D eigenvalue weighted by Gasteiger charge is 2.13. The third kappa shape index (κ3) is 3.20. The normalized spacial score (nSPS) is 17.4. The quantitative estimate of drug-likeness (QED) is 0.870. The van der Waals surface area contributed by atoms with Gasteiger partial charge in [-0.05, 0) is 19.9 Å². The average molecular weight is 245 g/mol. The van der Waals surface area contributed by atoms with Crippen LogP contribution in [-0.2, 0) is 6.54 Å². The van der Waals surface area contributed by atoms with Gasteiger partial charge in [0.1, 0.15) is 0 Å². The van der Waals surface area contributed by atoms with Gasteiger partial charge in [-0.15, -0.1) is 12.4 Å². The van der Waals surface area contributed by atoms with Crippen molar-refractivity contribution in [2.24, 2.45) is 0 Å². The Morgan fingerprint density at radius 3 is 2.69 bits per heavy atom. The lowest BCUT2D eigenvalue weighted by Gasteiger charge is -2.27. The number of nitrogens with one attached hydrogen (secondary N) is 1. The molecule has 0 atom stereocenters. The second kappa shape index (κ2) is 6.23. The fourth-order valence-electron chi connectivity index (χ4n) is 2.03. The number of rotatable bonds is 3. The van der Waals surface area contributed by atoms with E-state index in [0.29, 0.717) is 6.04 Å². The largest absolute Gasteiger partial charge is 0.314 e. The molecule has 0 saturated carbocycles. The second-order valence-corrected chi connectivity index (χ2v) is 4.39. The Balaban J connectivity index is 0.00000128. The summed E-state index contributed by atoms with van der Waals surface area (Å²) in [7, 11) is 0. The predicted octanol–water partition coefficient (Wildman–Crippen LogP) is 1.29. The zero-order valence-corrected chi connectivity index (χ0v) is 10.8. The van der Waals surface area contributed by atoms with Gasteiger partial charge in [-0.25, -0.2) is 0 Å². The molecule has 4 nitrogen and oxygen atoms in total. The Morgan fingerprint density at radius 1 is 1.38 bits per heavy atom. The van der Waals surface area contributed by atoms with Crippen LogP contribution in [0.1, 0.15) is 25.6 Å². The molecule has 0 amide bonds. The monoisotopic (exact) mass is 244 g/mol. The lowest BCUT2D eigenvalue weighted by Crippen LogP contribution is -2.43. The first-order valence-corrected chi connectivity index (χ1v) is 5.73. The van der Waals surface area contributed by atoms with Crippen LogP contribution in [0.4, 0.5) is 0 Å². The van der Waals surface area contributed by atoms with E-state index < -0.39 is 0 Å². The number of hydrogen-bond acceptors (Lipinski definition) is 3. The molecule has 0 unspecified atom stereocenters. The minimum absolute atomic E-state index is 0. The third-order valence-electron chi connectivity index (χ3n) is 2.84. The van der Waals surface area contributed by atoms with Crippen LogP contribution in [0.3, 0.4) is 0 Å². The summed E-state index contributed by atoms with van der Waals surface area (Å²) in [6.07, 6.45) is 1.90. The molecule has 1 aromatic rings. The van der Waals surface area contributed by atoms with Crippen LogP contribution in [0.5, 0.6) is 0 Å². The van der Waals surface area contributed by atoms with E-state index >= 15 is 0 Å². The van der Waals surface area contributed by atoms with Crippen molar-refractivity contribution in [3.63, 3.8) is 0 Å². The van der Waals surface area contributed by atoms with Crippen molar-refractivity contribution >= 4 is 12.4 Å². The predicted molar refractivity (Wildman–Crippen MR) is 68.0 cm³/mol. The molecule has 1 aliphatic rings. The van der Waals surface area contributed by atoms with Crippen LogP contribution in [0.15, 0.2) is 12.3 Å². The molecule has 16 heavy (non-hydrogen) atoms. The van der Waals surface area contributed by atoms with Gasteiger partial charge in [0.2, 0.25) is 0 Å². The summed E-state index contributed by atoms with van der Waals surface area (Å²) in [4.78, 5) is 2.48. The molecule has 0 bridgehead atoms. The van der Waals surface area contributed by atoms with Crippen LogP contribution in [0.25, 0.3) is 0 Å². The molecule has 1 aliphatic heterocycles. The van der Waals surface area contributed by atoms with E-state index in [1.54, 1.807) is 0 Å². The highest BCUT2D eigenvalue weighted by atomic mass is 35.5. The lowest BCUT2D eigenvalue weighted by atomic mass is 10.3. The van der Waals surface area contributed by atoms with Crippen molar-refractivity contribution in [3.8, 4) is 0 Å². The van der Waals surface area contributed by atoms with Crippen molar-refractivity contribution in [1.29, 1.82) is 0 Å². The average Bonchev–Trinajstić information content (AvgIpc) is 2.67. The Bertz CT molecular complexity index is 305. The minimum Gasteiger partial charge on any atom is -0.314 e. The second-order valence-electron chi connectivity index (χ2n) is 4.39. The first-order valence-electron chi connectivity index (χ1n) is 5.73. The zero-order valence-electron chi connectivity index (χ0n) is 10.0. The third-order valence-corrected chi connectivity index (χ3v) is 2.84. The van der Waals surface area contributed by atoms with Crippen molar-refractivity contribution in [2.45, 2.75) is 26.4 Å². The SMILES string of the molecule is CC(C)n1nccc1CN1CCNCC1.Cl.